The minimum atomic E-state index is -0.301. The first-order valence-electron chi connectivity index (χ1n) is 6.77. The molecule has 0 radical (unpaired) electrons. The van der Waals surface area contributed by atoms with Crippen molar-refractivity contribution in [1.29, 1.82) is 0 Å². The van der Waals surface area contributed by atoms with E-state index in [1.165, 1.54) is 0 Å². The monoisotopic (exact) mass is 261 g/mol. The largest absolute Gasteiger partial charge is 0.299 e. The van der Waals surface area contributed by atoms with Crippen molar-refractivity contribution in [2.45, 2.75) is 32.1 Å². The zero-order valence-corrected chi connectivity index (χ0v) is 11.1. The van der Waals surface area contributed by atoms with Crippen molar-refractivity contribution >= 4 is 5.78 Å². The first kappa shape index (κ1) is 13.7. The van der Waals surface area contributed by atoms with Crippen molar-refractivity contribution in [2.75, 3.05) is 6.54 Å². The fraction of sp³-hybridized carbons (Fsp3) is 0.533. The molecule has 1 aromatic rings. The molecular formula is C15H19NO3. The van der Waals surface area contributed by atoms with E-state index in [-0.39, 0.29) is 29.1 Å². The van der Waals surface area contributed by atoms with E-state index < -0.39 is 0 Å². The van der Waals surface area contributed by atoms with E-state index in [0.717, 1.165) is 18.4 Å². The van der Waals surface area contributed by atoms with Gasteiger partial charge in [-0.1, -0.05) is 37.3 Å². The van der Waals surface area contributed by atoms with Gasteiger partial charge in [-0.25, -0.2) is 0 Å². The zero-order chi connectivity index (χ0) is 13.8. The molecule has 0 heterocycles. The maximum Gasteiger partial charge on any atom is 0.211 e. The van der Waals surface area contributed by atoms with Gasteiger partial charge >= 0.3 is 0 Å². The Morgan fingerprint density at radius 3 is 2.68 bits per heavy atom. The van der Waals surface area contributed by atoms with Gasteiger partial charge in [0.2, 0.25) is 6.54 Å². The molecule has 102 valence electrons. The Labute approximate surface area is 113 Å². The maximum absolute atomic E-state index is 12.1. The fourth-order valence-corrected chi connectivity index (χ4v) is 2.97. The number of benzene rings is 1. The van der Waals surface area contributed by atoms with Crippen LogP contribution in [0.5, 0.6) is 0 Å². The van der Waals surface area contributed by atoms with Gasteiger partial charge in [0.25, 0.3) is 0 Å². The Kier molecular flexibility index (Phi) is 4.30. The molecule has 4 nitrogen and oxygen atoms in total. The summed E-state index contributed by atoms with van der Waals surface area (Å²) in [6.45, 7) is 1.96. The van der Waals surface area contributed by atoms with E-state index in [1.54, 1.807) is 0 Å². The van der Waals surface area contributed by atoms with Crippen molar-refractivity contribution in [2.24, 2.45) is 11.8 Å². The molecule has 1 aromatic carbocycles. The molecule has 3 atom stereocenters. The second-order valence-electron chi connectivity index (χ2n) is 5.48. The predicted octanol–water partition coefficient (Wildman–Crippen LogP) is 3.05. The van der Waals surface area contributed by atoms with E-state index in [0.29, 0.717) is 12.3 Å². The summed E-state index contributed by atoms with van der Waals surface area (Å²) in [6, 6.07) is 9.41. The summed E-state index contributed by atoms with van der Waals surface area (Å²) in [6.07, 6.45) is 2.24. The third kappa shape index (κ3) is 3.40. The number of carbonyl (C=O) groups is 1. The van der Waals surface area contributed by atoms with Crippen LogP contribution in [0.1, 0.15) is 37.7 Å². The molecule has 2 rings (SSSR count). The molecule has 19 heavy (non-hydrogen) atoms. The highest BCUT2D eigenvalue weighted by atomic mass is 16.6. The maximum atomic E-state index is 12.1. The van der Waals surface area contributed by atoms with Gasteiger partial charge in [0, 0.05) is 17.3 Å². The number of carbonyl (C=O) groups excluding carboxylic acids is 1. The Bertz CT molecular complexity index is 458. The van der Waals surface area contributed by atoms with E-state index >= 15 is 0 Å². The minimum Gasteiger partial charge on any atom is -0.299 e. The van der Waals surface area contributed by atoms with Crippen LogP contribution < -0.4 is 0 Å². The lowest BCUT2D eigenvalue weighted by molar-refractivity contribution is -0.484. The van der Waals surface area contributed by atoms with E-state index in [9.17, 15) is 14.9 Å². The number of nitro groups is 1. The number of Topliss-reactive ketones (excluding diaryl/α,β-unsaturated/α-hetero) is 1. The lowest BCUT2D eigenvalue weighted by atomic mass is 9.72. The molecule has 1 fully saturated rings. The molecule has 0 unspecified atom stereocenters. The summed E-state index contributed by atoms with van der Waals surface area (Å²) in [4.78, 5) is 22.7. The topological polar surface area (TPSA) is 60.2 Å². The predicted molar refractivity (Wildman–Crippen MR) is 72.6 cm³/mol. The van der Waals surface area contributed by atoms with Crippen LogP contribution in [0, 0.1) is 22.0 Å². The van der Waals surface area contributed by atoms with E-state index in [1.807, 2.05) is 30.3 Å². The first-order valence-corrected chi connectivity index (χ1v) is 6.77. The smallest absolute Gasteiger partial charge is 0.211 e. The molecule has 0 saturated heterocycles. The van der Waals surface area contributed by atoms with Gasteiger partial charge in [0.05, 0.1) is 5.92 Å². The molecule has 1 aliphatic carbocycles. The minimum absolute atomic E-state index is 0.160. The molecule has 0 amide bonds. The Hall–Kier alpha value is -1.71. The summed E-state index contributed by atoms with van der Waals surface area (Å²) in [5.74, 6) is 0.178. The van der Waals surface area contributed by atoms with Gasteiger partial charge < -0.3 is 0 Å². The third-order valence-electron chi connectivity index (χ3n) is 4.01. The van der Waals surface area contributed by atoms with Crippen molar-refractivity contribution < 1.29 is 9.72 Å². The normalized spacial score (nSPS) is 25.0. The summed E-state index contributed by atoms with van der Waals surface area (Å²) in [7, 11) is 0. The van der Waals surface area contributed by atoms with Crippen LogP contribution in [0.3, 0.4) is 0 Å². The lowest BCUT2D eigenvalue weighted by Crippen LogP contribution is -2.32. The summed E-state index contributed by atoms with van der Waals surface area (Å²) >= 11 is 0. The highest BCUT2D eigenvalue weighted by molar-refractivity contribution is 5.82. The molecule has 4 heteroatoms. The molecule has 1 aliphatic rings. The van der Waals surface area contributed by atoms with Crippen molar-refractivity contribution in [3.8, 4) is 0 Å². The second kappa shape index (κ2) is 5.95. The van der Waals surface area contributed by atoms with Gasteiger partial charge in [-0.15, -0.1) is 0 Å². The van der Waals surface area contributed by atoms with Crippen LogP contribution in [-0.2, 0) is 4.79 Å². The molecule has 0 bridgehead atoms. The summed E-state index contributed by atoms with van der Waals surface area (Å²) < 4.78 is 0. The fourth-order valence-electron chi connectivity index (χ4n) is 2.97. The van der Waals surface area contributed by atoms with Crippen LogP contribution in [0.25, 0.3) is 0 Å². The van der Waals surface area contributed by atoms with Crippen molar-refractivity contribution in [3.05, 3.63) is 46.0 Å². The van der Waals surface area contributed by atoms with Crippen LogP contribution in [0.2, 0.25) is 0 Å². The standard InChI is InChI=1S/C15H19NO3/c1-11-7-8-15(17)13(9-11)14(10-16(18)19)12-5-3-2-4-6-12/h2-6,11,13-14H,7-10H2,1H3/t11-,13-,14-/m1/s1. The number of rotatable bonds is 4. The molecule has 1 saturated carbocycles. The highest BCUT2D eigenvalue weighted by Gasteiger charge is 2.36. The molecular weight excluding hydrogens is 242 g/mol. The first-order chi connectivity index (χ1) is 9.08. The van der Waals surface area contributed by atoms with Gasteiger partial charge in [0.1, 0.15) is 5.78 Å². The highest BCUT2D eigenvalue weighted by Crippen LogP contribution is 2.36. The van der Waals surface area contributed by atoms with Crippen molar-refractivity contribution in [3.63, 3.8) is 0 Å². The van der Waals surface area contributed by atoms with Crippen LogP contribution in [0.15, 0.2) is 30.3 Å². The Balaban J connectivity index is 2.26. The van der Waals surface area contributed by atoms with Gasteiger partial charge in [-0.05, 0) is 24.3 Å². The van der Waals surface area contributed by atoms with Crippen LogP contribution >= 0.6 is 0 Å². The van der Waals surface area contributed by atoms with Gasteiger partial charge in [0.15, 0.2) is 0 Å². The molecule has 0 aromatic heterocycles. The number of hydrogen-bond acceptors (Lipinski definition) is 3. The van der Waals surface area contributed by atoms with Gasteiger partial charge in [-0.3, -0.25) is 14.9 Å². The zero-order valence-electron chi connectivity index (χ0n) is 11.1. The SMILES string of the molecule is C[C@@H]1CCC(=O)[C@@H]([C@H](C[N+](=O)[O-])c2ccccc2)C1. The average Bonchev–Trinajstić information content (AvgIpc) is 2.40. The molecule has 0 spiro atoms. The number of nitrogens with zero attached hydrogens (tertiary/aromatic N) is 1. The molecule has 0 N–H and O–H groups in total. The number of hydrogen-bond donors (Lipinski definition) is 0. The van der Waals surface area contributed by atoms with E-state index in [4.69, 9.17) is 0 Å². The lowest BCUT2D eigenvalue weighted by Gasteiger charge is -2.30. The van der Waals surface area contributed by atoms with Crippen LogP contribution in [0.4, 0.5) is 0 Å². The molecule has 0 aliphatic heterocycles. The van der Waals surface area contributed by atoms with Crippen LogP contribution in [-0.4, -0.2) is 17.3 Å². The number of ketones is 1. The quantitative estimate of drug-likeness (QED) is 0.618. The van der Waals surface area contributed by atoms with Crippen molar-refractivity contribution in [1.82, 2.24) is 0 Å². The van der Waals surface area contributed by atoms with Gasteiger partial charge in [-0.2, -0.15) is 0 Å². The third-order valence-corrected chi connectivity index (χ3v) is 4.01. The average molecular weight is 261 g/mol. The Morgan fingerprint density at radius 1 is 1.37 bits per heavy atom. The summed E-state index contributed by atoms with van der Waals surface area (Å²) in [5.41, 5.74) is 0.909. The van der Waals surface area contributed by atoms with E-state index in [2.05, 4.69) is 6.92 Å². The second-order valence-corrected chi connectivity index (χ2v) is 5.48. The summed E-state index contributed by atoms with van der Waals surface area (Å²) in [5, 5.41) is 10.9. The Morgan fingerprint density at radius 2 is 2.05 bits per heavy atom.